The Labute approximate surface area is 178 Å². The van der Waals surface area contributed by atoms with E-state index in [2.05, 4.69) is 4.98 Å². The first-order chi connectivity index (χ1) is 14.9. The second-order valence-corrected chi connectivity index (χ2v) is 7.45. The van der Waals surface area contributed by atoms with E-state index in [-0.39, 0.29) is 5.69 Å². The second-order valence-electron chi connectivity index (χ2n) is 7.45. The number of benzene rings is 1. The minimum absolute atomic E-state index is 0.00187. The Morgan fingerprint density at radius 3 is 2.61 bits per heavy atom. The van der Waals surface area contributed by atoms with E-state index in [1.807, 2.05) is 30.0 Å². The largest absolute Gasteiger partial charge is 0.497 e. The van der Waals surface area contributed by atoms with Gasteiger partial charge in [0.05, 0.1) is 23.2 Å². The van der Waals surface area contributed by atoms with Gasteiger partial charge in [-0.1, -0.05) is 5.57 Å². The molecular formula is C22H22N4O5. The lowest BCUT2D eigenvalue weighted by Gasteiger charge is -2.29. The maximum atomic E-state index is 11.9. The van der Waals surface area contributed by atoms with Gasteiger partial charge >= 0.3 is 11.8 Å². The van der Waals surface area contributed by atoms with Crippen molar-refractivity contribution < 1.29 is 19.6 Å². The summed E-state index contributed by atoms with van der Waals surface area (Å²) in [6.07, 6.45) is 2.16. The first-order valence-electron chi connectivity index (χ1n) is 9.86. The van der Waals surface area contributed by atoms with Gasteiger partial charge in [-0.25, -0.2) is 14.3 Å². The predicted octanol–water partition coefficient (Wildman–Crippen LogP) is 4.47. The molecule has 0 spiro atoms. The molecule has 3 heterocycles. The first kappa shape index (κ1) is 20.4. The molecule has 0 amide bonds. The number of nitrogens with zero attached hydrogens (tertiary/aromatic N) is 4. The molecule has 1 aliphatic rings. The van der Waals surface area contributed by atoms with Crippen LogP contribution in [0.25, 0.3) is 17.0 Å². The van der Waals surface area contributed by atoms with Crippen LogP contribution in [0.15, 0.2) is 42.0 Å². The summed E-state index contributed by atoms with van der Waals surface area (Å²) < 4.78 is 6.48. The lowest BCUT2D eigenvalue weighted by Crippen LogP contribution is -2.32. The average Bonchev–Trinajstić information content (AvgIpc) is 3.11. The third-order valence-corrected chi connectivity index (χ3v) is 5.48. The molecule has 0 atom stereocenters. The Bertz CT molecular complexity index is 1200. The highest BCUT2D eigenvalue weighted by atomic mass is 16.6. The van der Waals surface area contributed by atoms with Crippen LogP contribution in [0.4, 0.5) is 16.3 Å². The normalized spacial score (nSPS) is 14.0. The van der Waals surface area contributed by atoms with E-state index in [0.29, 0.717) is 48.7 Å². The van der Waals surface area contributed by atoms with Crippen molar-refractivity contribution in [3.63, 3.8) is 0 Å². The Balaban J connectivity index is 1.61. The number of methoxy groups -OCH3 is 1. The maximum absolute atomic E-state index is 11.9. The van der Waals surface area contributed by atoms with Crippen LogP contribution >= 0.6 is 0 Å². The molecule has 9 heteroatoms. The predicted molar refractivity (Wildman–Crippen MR) is 117 cm³/mol. The molecule has 2 aromatic heterocycles. The van der Waals surface area contributed by atoms with Crippen LogP contribution < -0.4 is 9.64 Å². The molecule has 1 aromatic carbocycles. The molecule has 31 heavy (non-hydrogen) atoms. The van der Waals surface area contributed by atoms with E-state index in [1.54, 1.807) is 25.3 Å². The number of carbonyl (C=O) groups is 1. The van der Waals surface area contributed by atoms with E-state index >= 15 is 0 Å². The third-order valence-electron chi connectivity index (χ3n) is 5.48. The summed E-state index contributed by atoms with van der Waals surface area (Å²) in [6.45, 7) is 2.96. The number of rotatable bonds is 4. The molecular weight excluding hydrogens is 400 g/mol. The van der Waals surface area contributed by atoms with Gasteiger partial charge in [-0.05, 0) is 50.1 Å². The number of carboxylic acid groups (broad SMARTS) is 1. The van der Waals surface area contributed by atoms with Crippen molar-refractivity contribution in [2.24, 2.45) is 0 Å². The van der Waals surface area contributed by atoms with Crippen molar-refractivity contribution in [2.45, 2.75) is 19.8 Å². The van der Waals surface area contributed by atoms with Gasteiger partial charge < -0.3 is 14.7 Å². The van der Waals surface area contributed by atoms with Crippen molar-refractivity contribution in [3.8, 4) is 5.75 Å². The molecule has 1 fully saturated rings. The van der Waals surface area contributed by atoms with Crippen LogP contribution in [0.2, 0.25) is 0 Å². The summed E-state index contributed by atoms with van der Waals surface area (Å²) in [5, 5.41) is 21.9. The highest BCUT2D eigenvalue weighted by molar-refractivity contribution is 5.93. The minimum atomic E-state index is -1.06. The van der Waals surface area contributed by atoms with E-state index in [0.717, 1.165) is 16.7 Å². The maximum Gasteiger partial charge on any atom is 0.416 e. The molecule has 3 aromatic rings. The van der Waals surface area contributed by atoms with Crippen molar-refractivity contribution in [3.05, 3.63) is 63.5 Å². The Morgan fingerprint density at radius 2 is 1.97 bits per heavy atom. The molecule has 160 valence electrons. The van der Waals surface area contributed by atoms with E-state index in [9.17, 15) is 20.0 Å². The van der Waals surface area contributed by atoms with Crippen molar-refractivity contribution in [1.29, 1.82) is 0 Å². The molecule has 4 rings (SSSR count). The number of ether oxygens (including phenoxy) is 1. The Kier molecular flexibility index (Phi) is 5.33. The monoisotopic (exact) mass is 422 g/mol. The fourth-order valence-electron chi connectivity index (χ4n) is 3.92. The van der Waals surface area contributed by atoms with Gasteiger partial charge in [0.2, 0.25) is 5.82 Å². The Hall–Kier alpha value is -3.88. The summed E-state index contributed by atoms with van der Waals surface area (Å²) in [6, 6.07) is 10.3. The molecule has 0 saturated carbocycles. The summed E-state index contributed by atoms with van der Waals surface area (Å²) in [7, 11) is 1.54. The number of aromatic nitrogens is 2. The molecule has 9 nitrogen and oxygen atoms in total. The van der Waals surface area contributed by atoms with Crippen LogP contribution in [0, 0.1) is 17.0 Å². The van der Waals surface area contributed by atoms with Gasteiger partial charge in [0.15, 0.2) is 0 Å². The average molecular weight is 422 g/mol. The molecule has 1 saturated heterocycles. The molecule has 1 aliphatic heterocycles. The summed E-state index contributed by atoms with van der Waals surface area (Å²) >= 11 is 0. The first-order valence-corrected chi connectivity index (χ1v) is 9.86. The zero-order valence-electron chi connectivity index (χ0n) is 17.2. The smallest absolute Gasteiger partial charge is 0.416 e. The zero-order valence-corrected chi connectivity index (χ0v) is 17.2. The van der Waals surface area contributed by atoms with Crippen LogP contribution in [-0.4, -0.2) is 45.9 Å². The van der Waals surface area contributed by atoms with E-state index in [1.165, 1.54) is 10.6 Å². The zero-order chi connectivity index (χ0) is 22.1. The number of aryl methyl sites for hydroxylation is 1. The standard InChI is InChI=1S/C22H22N4O5/c1-14-3-6-19(26(29)30)21(23-14)24-9-7-15(8-10-24)11-17-12-16-4-5-18(31-2)13-20(16)25(17)22(27)28/h3-6,11-13H,7-10H2,1-2H3,(H,27,28). The minimum Gasteiger partial charge on any atom is -0.497 e. The summed E-state index contributed by atoms with van der Waals surface area (Å²) in [5.41, 5.74) is 2.96. The SMILES string of the molecule is COc1ccc2cc(C=C3CCN(c4nc(C)ccc4[N+](=O)[O-])CC3)n(C(=O)O)c2c1. The fourth-order valence-corrected chi connectivity index (χ4v) is 3.92. The molecule has 0 unspecified atom stereocenters. The highest BCUT2D eigenvalue weighted by Crippen LogP contribution is 2.31. The summed E-state index contributed by atoms with van der Waals surface area (Å²) in [4.78, 5) is 29.2. The number of piperidine rings is 1. The number of pyridine rings is 1. The van der Waals surface area contributed by atoms with Crippen LogP contribution in [-0.2, 0) is 0 Å². The van der Waals surface area contributed by atoms with Crippen LogP contribution in [0.3, 0.4) is 0 Å². The number of hydrogen-bond acceptors (Lipinski definition) is 6. The summed E-state index contributed by atoms with van der Waals surface area (Å²) in [5.74, 6) is 0.976. The van der Waals surface area contributed by atoms with Gasteiger partial charge in [-0.15, -0.1) is 0 Å². The molecule has 0 bridgehead atoms. The third kappa shape index (κ3) is 3.94. The Morgan fingerprint density at radius 1 is 1.23 bits per heavy atom. The van der Waals surface area contributed by atoms with Crippen LogP contribution in [0.5, 0.6) is 5.75 Å². The lowest BCUT2D eigenvalue weighted by molar-refractivity contribution is -0.384. The lowest BCUT2D eigenvalue weighted by atomic mass is 10.0. The molecule has 0 radical (unpaired) electrons. The van der Waals surface area contributed by atoms with Crippen molar-refractivity contribution in [1.82, 2.24) is 9.55 Å². The topological polar surface area (TPSA) is 111 Å². The quantitative estimate of drug-likeness (QED) is 0.488. The number of anilines is 1. The van der Waals surface area contributed by atoms with Gasteiger partial charge in [-0.2, -0.15) is 0 Å². The van der Waals surface area contributed by atoms with Gasteiger partial charge in [0, 0.05) is 36.3 Å². The van der Waals surface area contributed by atoms with Crippen molar-refractivity contribution in [2.75, 3.05) is 25.1 Å². The fraction of sp³-hybridized carbons (Fsp3) is 0.273. The highest BCUT2D eigenvalue weighted by Gasteiger charge is 2.24. The van der Waals surface area contributed by atoms with Gasteiger partial charge in [0.1, 0.15) is 5.75 Å². The van der Waals surface area contributed by atoms with Gasteiger partial charge in [0.25, 0.3) is 0 Å². The van der Waals surface area contributed by atoms with Crippen molar-refractivity contribution >= 4 is 34.6 Å². The van der Waals surface area contributed by atoms with Crippen LogP contribution in [0.1, 0.15) is 24.2 Å². The van der Waals surface area contributed by atoms with E-state index in [4.69, 9.17) is 4.74 Å². The second kappa shape index (κ2) is 8.10. The molecule has 1 N–H and O–H groups in total. The number of nitro groups is 1. The van der Waals surface area contributed by atoms with Gasteiger partial charge in [-0.3, -0.25) is 10.1 Å². The molecule has 0 aliphatic carbocycles. The number of fused-ring (bicyclic) bond motifs is 1. The number of hydrogen-bond donors (Lipinski definition) is 1. The van der Waals surface area contributed by atoms with E-state index < -0.39 is 11.0 Å².